The lowest BCUT2D eigenvalue weighted by Gasteiger charge is -2.47. The first-order chi connectivity index (χ1) is 16.0. The van der Waals surface area contributed by atoms with Gasteiger partial charge in [0.05, 0.1) is 36.5 Å². The zero-order valence-corrected chi connectivity index (χ0v) is 21.0. The number of hydrogen-bond acceptors (Lipinski definition) is 6. The number of benzene rings is 1. The minimum atomic E-state index is -1.12. The third-order valence-corrected chi connectivity index (χ3v) is 6.31. The van der Waals surface area contributed by atoms with E-state index in [0.717, 1.165) is 12.0 Å². The van der Waals surface area contributed by atoms with E-state index in [-0.39, 0.29) is 12.5 Å². The Labute approximate surface area is 204 Å². The van der Waals surface area contributed by atoms with Gasteiger partial charge in [-0.05, 0) is 57.9 Å². The minimum absolute atomic E-state index is 0.223. The molecule has 0 radical (unpaired) electrons. The third kappa shape index (κ3) is 5.19. The Kier molecular flexibility index (Phi) is 6.59. The van der Waals surface area contributed by atoms with E-state index in [1.807, 2.05) is 38.1 Å². The Balaban J connectivity index is 1.64. The van der Waals surface area contributed by atoms with Gasteiger partial charge in [-0.2, -0.15) is 5.10 Å². The Morgan fingerprint density at radius 3 is 2.76 bits per heavy atom. The normalized spacial score (nSPS) is 18.3. The second-order valence-electron chi connectivity index (χ2n) is 9.90. The van der Waals surface area contributed by atoms with Crippen LogP contribution in [0.5, 0.6) is 5.75 Å². The van der Waals surface area contributed by atoms with E-state index in [2.05, 4.69) is 10.1 Å². The molecule has 1 fully saturated rings. The van der Waals surface area contributed by atoms with Crippen molar-refractivity contribution in [2.75, 3.05) is 20.3 Å². The first kappa shape index (κ1) is 24.4. The molecule has 1 N–H and O–H groups in total. The highest BCUT2D eigenvalue weighted by Gasteiger charge is 2.43. The zero-order valence-electron chi connectivity index (χ0n) is 20.2. The summed E-state index contributed by atoms with van der Waals surface area (Å²) < 4.78 is 13.0. The van der Waals surface area contributed by atoms with Gasteiger partial charge in [0.1, 0.15) is 0 Å². The van der Waals surface area contributed by atoms with Gasteiger partial charge < -0.3 is 19.5 Å². The lowest BCUT2D eigenvalue weighted by atomic mass is 9.93. The van der Waals surface area contributed by atoms with E-state index in [0.29, 0.717) is 40.8 Å². The van der Waals surface area contributed by atoms with E-state index < -0.39 is 17.2 Å². The van der Waals surface area contributed by atoms with Crippen LogP contribution in [0.2, 0.25) is 5.02 Å². The molecule has 0 saturated carbocycles. The van der Waals surface area contributed by atoms with Crippen LogP contribution in [-0.4, -0.2) is 68.0 Å². The highest BCUT2D eigenvalue weighted by molar-refractivity contribution is 6.30. The fourth-order valence-electron chi connectivity index (χ4n) is 4.25. The molecule has 1 unspecified atom stereocenters. The van der Waals surface area contributed by atoms with Crippen LogP contribution in [-0.2, 0) is 17.6 Å². The Morgan fingerprint density at radius 2 is 2.09 bits per heavy atom. The SMILES string of the molecule is COc1cc(C(=O)N2CC(C)(C)OCC2C(C)(C)O)cn2nc(CCc3cccc(Cl)c3)nc12. The highest BCUT2D eigenvalue weighted by atomic mass is 35.5. The number of carbonyl (C=O) groups is 1. The summed E-state index contributed by atoms with van der Waals surface area (Å²) in [5.41, 5.74) is 0.402. The van der Waals surface area contributed by atoms with Crippen molar-refractivity contribution >= 4 is 23.2 Å². The van der Waals surface area contributed by atoms with E-state index in [4.69, 9.17) is 21.1 Å². The van der Waals surface area contributed by atoms with Gasteiger partial charge in [-0.25, -0.2) is 9.50 Å². The number of pyridine rings is 1. The summed E-state index contributed by atoms with van der Waals surface area (Å²) in [5, 5.41) is 16.0. The second kappa shape index (κ2) is 9.17. The van der Waals surface area contributed by atoms with Crippen molar-refractivity contribution < 1.29 is 19.4 Å². The van der Waals surface area contributed by atoms with Gasteiger partial charge in [0.2, 0.25) is 0 Å². The standard InChI is InChI=1S/C25H31ClN4O4/c1-24(2)15-29(20(14-34-24)25(3,4)32)23(31)17-12-19(33-5)22-27-21(28-30(22)13-17)10-9-16-7-6-8-18(26)11-16/h6-8,11-13,20,32H,9-10,14-15H2,1-5H3. The summed E-state index contributed by atoms with van der Waals surface area (Å²) in [6.07, 6.45) is 3.02. The first-order valence-corrected chi connectivity index (χ1v) is 11.7. The number of fused-ring (bicyclic) bond motifs is 1. The lowest BCUT2D eigenvalue weighted by molar-refractivity contribution is -0.145. The Morgan fingerprint density at radius 1 is 1.32 bits per heavy atom. The molecule has 1 amide bonds. The number of aryl methyl sites for hydroxylation is 2. The first-order valence-electron chi connectivity index (χ1n) is 11.3. The molecule has 2 aromatic heterocycles. The van der Waals surface area contributed by atoms with Crippen molar-refractivity contribution in [3.8, 4) is 5.75 Å². The number of morpholine rings is 1. The molecule has 1 aliphatic heterocycles. The molecule has 4 rings (SSSR count). The van der Waals surface area contributed by atoms with Crippen LogP contribution in [0.3, 0.4) is 0 Å². The molecule has 1 saturated heterocycles. The van der Waals surface area contributed by atoms with Gasteiger partial charge in [0, 0.05) is 24.2 Å². The summed E-state index contributed by atoms with van der Waals surface area (Å²) in [6.45, 7) is 7.84. The number of rotatable bonds is 6. The number of carbonyl (C=O) groups excluding carboxylic acids is 1. The van der Waals surface area contributed by atoms with Crippen molar-refractivity contribution in [2.45, 2.75) is 57.8 Å². The molecule has 8 nitrogen and oxygen atoms in total. The van der Waals surface area contributed by atoms with Gasteiger partial charge in [-0.15, -0.1) is 0 Å². The van der Waals surface area contributed by atoms with Crippen LogP contribution in [0.25, 0.3) is 5.65 Å². The second-order valence-corrected chi connectivity index (χ2v) is 10.3. The molecule has 34 heavy (non-hydrogen) atoms. The van der Waals surface area contributed by atoms with Crippen molar-refractivity contribution in [3.63, 3.8) is 0 Å². The molecule has 182 valence electrons. The molecule has 1 atom stereocenters. The van der Waals surface area contributed by atoms with Crippen LogP contribution in [0.15, 0.2) is 36.5 Å². The van der Waals surface area contributed by atoms with E-state index >= 15 is 0 Å². The van der Waals surface area contributed by atoms with Crippen LogP contribution in [0.1, 0.15) is 49.4 Å². The Hall–Kier alpha value is -2.68. The van der Waals surface area contributed by atoms with Gasteiger partial charge >= 0.3 is 0 Å². The van der Waals surface area contributed by atoms with Crippen molar-refractivity contribution in [1.82, 2.24) is 19.5 Å². The summed E-state index contributed by atoms with van der Waals surface area (Å²) in [6, 6.07) is 8.90. The summed E-state index contributed by atoms with van der Waals surface area (Å²) >= 11 is 6.09. The number of nitrogens with zero attached hydrogens (tertiary/aromatic N) is 4. The molecule has 1 aromatic carbocycles. The van der Waals surface area contributed by atoms with Crippen molar-refractivity contribution in [3.05, 3.63) is 58.5 Å². The van der Waals surface area contributed by atoms with Crippen molar-refractivity contribution in [2.24, 2.45) is 0 Å². The fourth-order valence-corrected chi connectivity index (χ4v) is 4.46. The number of ether oxygens (including phenoxy) is 2. The monoisotopic (exact) mass is 486 g/mol. The number of halogens is 1. The molecule has 9 heteroatoms. The zero-order chi connectivity index (χ0) is 24.7. The summed E-state index contributed by atoms with van der Waals surface area (Å²) in [7, 11) is 1.54. The maximum atomic E-state index is 13.6. The van der Waals surface area contributed by atoms with Gasteiger partial charge in [0.15, 0.2) is 17.2 Å². The summed E-state index contributed by atoms with van der Waals surface area (Å²) in [5.74, 6) is 0.879. The summed E-state index contributed by atoms with van der Waals surface area (Å²) in [4.78, 5) is 19.9. The van der Waals surface area contributed by atoms with Gasteiger partial charge in [-0.3, -0.25) is 4.79 Å². The number of amides is 1. The van der Waals surface area contributed by atoms with Crippen molar-refractivity contribution in [1.29, 1.82) is 0 Å². The topological polar surface area (TPSA) is 89.2 Å². The fraction of sp³-hybridized carbons (Fsp3) is 0.480. The third-order valence-electron chi connectivity index (χ3n) is 6.07. The Bertz CT molecular complexity index is 1200. The van der Waals surface area contributed by atoms with Crippen LogP contribution >= 0.6 is 11.6 Å². The molecule has 3 heterocycles. The number of methoxy groups -OCH3 is 1. The maximum Gasteiger partial charge on any atom is 0.256 e. The molecule has 1 aliphatic rings. The van der Waals surface area contributed by atoms with Crippen LogP contribution in [0, 0.1) is 0 Å². The number of aliphatic hydroxyl groups is 1. The average Bonchev–Trinajstić information content (AvgIpc) is 3.18. The molecular weight excluding hydrogens is 456 g/mol. The molecule has 0 bridgehead atoms. The maximum absolute atomic E-state index is 13.6. The average molecular weight is 487 g/mol. The quantitative estimate of drug-likeness (QED) is 0.573. The molecule has 3 aromatic rings. The largest absolute Gasteiger partial charge is 0.493 e. The molecular formula is C25H31ClN4O4. The van der Waals surface area contributed by atoms with E-state index in [9.17, 15) is 9.90 Å². The predicted octanol–water partition coefficient (Wildman–Crippen LogP) is 3.57. The van der Waals surface area contributed by atoms with E-state index in [1.165, 1.54) is 0 Å². The van der Waals surface area contributed by atoms with Gasteiger partial charge in [0.25, 0.3) is 5.91 Å². The highest BCUT2D eigenvalue weighted by Crippen LogP contribution is 2.29. The van der Waals surface area contributed by atoms with Crippen LogP contribution in [0.4, 0.5) is 0 Å². The van der Waals surface area contributed by atoms with Crippen LogP contribution < -0.4 is 4.74 Å². The lowest BCUT2D eigenvalue weighted by Crippen LogP contribution is -2.62. The van der Waals surface area contributed by atoms with Gasteiger partial charge in [-0.1, -0.05) is 23.7 Å². The predicted molar refractivity (Wildman–Crippen MR) is 130 cm³/mol. The minimum Gasteiger partial charge on any atom is -0.493 e. The molecule has 0 aliphatic carbocycles. The molecule has 0 spiro atoms. The smallest absolute Gasteiger partial charge is 0.256 e. The number of aromatic nitrogens is 3. The number of hydrogen-bond donors (Lipinski definition) is 1. The van der Waals surface area contributed by atoms with E-state index in [1.54, 1.807) is 42.6 Å².